The molecule has 1 aliphatic heterocycles. The van der Waals surface area contributed by atoms with Crippen molar-refractivity contribution in [2.45, 2.75) is 39.7 Å². The van der Waals surface area contributed by atoms with Gasteiger partial charge in [0.1, 0.15) is 5.75 Å². The zero-order valence-electron chi connectivity index (χ0n) is 20.4. The number of benzene rings is 2. The van der Waals surface area contributed by atoms with Gasteiger partial charge in [0, 0.05) is 23.0 Å². The summed E-state index contributed by atoms with van der Waals surface area (Å²) >= 11 is 0. The lowest BCUT2D eigenvalue weighted by atomic mass is 9.93. The Kier molecular flexibility index (Phi) is 7.19. The van der Waals surface area contributed by atoms with Crippen molar-refractivity contribution in [2.75, 3.05) is 13.7 Å². The van der Waals surface area contributed by atoms with E-state index in [0.717, 1.165) is 35.4 Å². The van der Waals surface area contributed by atoms with Crippen molar-refractivity contribution in [3.63, 3.8) is 0 Å². The second-order valence-corrected chi connectivity index (χ2v) is 8.46. The molecule has 8 heteroatoms. The van der Waals surface area contributed by atoms with Gasteiger partial charge in [-0.05, 0) is 56.2 Å². The molecule has 182 valence electrons. The second-order valence-electron chi connectivity index (χ2n) is 8.46. The van der Waals surface area contributed by atoms with E-state index in [4.69, 9.17) is 14.6 Å². The fraction of sp³-hybridized carbons (Fsp3) is 0.296. The lowest BCUT2D eigenvalue weighted by Gasteiger charge is -2.27. The molecule has 2 amide bonds. The van der Waals surface area contributed by atoms with Crippen LogP contribution in [0.2, 0.25) is 0 Å². The Labute approximate surface area is 204 Å². The highest BCUT2D eigenvalue weighted by Crippen LogP contribution is 2.36. The highest BCUT2D eigenvalue weighted by atomic mass is 16.5. The number of urea groups is 1. The lowest BCUT2D eigenvalue weighted by Crippen LogP contribution is -2.45. The Bertz CT molecular complexity index is 1260. The van der Waals surface area contributed by atoms with Gasteiger partial charge in [0.2, 0.25) is 0 Å². The predicted octanol–water partition coefficient (Wildman–Crippen LogP) is 4.83. The van der Waals surface area contributed by atoms with E-state index in [1.807, 2.05) is 61.7 Å². The number of para-hydroxylation sites is 1. The maximum Gasteiger partial charge on any atom is 0.337 e. The van der Waals surface area contributed by atoms with Gasteiger partial charge in [-0.3, -0.25) is 0 Å². The molecule has 2 N–H and O–H groups in total. The van der Waals surface area contributed by atoms with Crippen LogP contribution in [0, 0.1) is 6.92 Å². The number of aryl methyl sites for hydroxylation is 1. The van der Waals surface area contributed by atoms with Gasteiger partial charge >= 0.3 is 12.0 Å². The molecule has 0 saturated heterocycles. The number of rotatable bonds is 8. The van der Waals surface area contributed by atoms with Gasteiger partial charge in [0.05, 0.1) is 36.7 Å². The number of ether oxygens (including phenoxy) is 2. The standard InChI is InChI=1S/C27H30N4O4/c1-5-6-14-35-22-13-12-19(15-17(22)2)24-21(16-31(30-24)20-10-8-7-9-11-20)25-23(26(32)34-4)18(3)28-27(33)29-25/h7-13,15-16,25H,5-6,14H2,1-4H3,(H2,28,29,33)/t25-/m1/s1. The summed E-state index contributed by atoms with van der Waals surface area (Å²) in [6, 6.07) is 14.5. The van der Waals surface area contributed by atoms with Gasteiger partial charge < -0.3 is 20.1 Å². The van der Waals surface area contributed by atoms with E-state index in [-0.39, 0.29) is 0 Å². The molecule has 0 radical (unpaired) electrons. The Morgan fingerprint density at radius 2 is 1.91 bits per heavy atom. The van der Waals surface area contributed by atoms with Crippen LogP contribution in [0.25, 0.3) is 16.9 Å². The summed E-state index contributed by atoms with van der Waals surface area (Å²) in [4.78, 5) is 25.1. The molecular formula is C27H30N4O4. The number of nitrogens with one attached hydrogen (secondary N) is 2. The average Bonchev–Trinajstić information content (AvgIpc) is 3.30. The number of carbonyl (C=O) groups excluding carboxylic acids is 2. The van der Waals surface area contributed by atoms with Crippen LogP contribution in [-0.4, -0.2) is 35.5 Å². The van der Waals surface area contributed by atoms with E-state index in [1.54, 1.807) is 11.6 Å². The molecule has 1 atom stereocenters. The number of hydrogen-bond acceptors (Lipinski definition) is 5. The normalized spacial score (nSPS) is 15.4. The Balaban J connectivity index is 1.84. The van der Waals surface area contributed by atoms with Crippen molar-refractivity contribution < 1.29 is 19.1 Å². The van der Waals surface area contributed by atoms with E-state index in [1.165, 1.54) is 7.11 Å². The number of hydrogen-bond donors (Lipinski definition) is 2. The van der Waals surface area contributed by atoms with E-state index in [2.05, 4.69) is 17.6 Å². The van der Waals surface area contributed by atoms with Crippen molar-refractivity contribution in [1.29, 1.82) is 0 Å². The first-order chi connectivity index (χ1) is 16.9. The molecule has 3 aromatic rings. The minimum atomic E-state index is -0.732. The van der Waals surface area contributed by atoms with E-state index in [9.17, 15) is 9.59 Å². The van der Waals surface area contributed by atoms with Gasteiger partial charge in [-0.25, -0.2) is 14.3 Å². The molecule has 0 fully saturated rings. The van der Waals surface area contributed by atoms with Crippen LogP contribution in [0.5, 0.6) is 5.75 Å². The number of esters is 1. The van der Waals surface area contributed by atoms with Crippen molar-refractivity contribution in [3.05, 3.63) is 77.1 Å². The molecule has 0 saturated carbocycles. The van der Waals surface area contributed by atoms with Crippen LogP contribution in [0.1, 0.15) is 43.9 Å². The van der Waals surface area contributed by atoms with Gasteiger partial charge in [0.25, 0.3) is 0 Å². The number of aromatic nitrogens is 2. The molecule has 2 heterocycles. The predicted molar refractivity (Wildman–Crippen MR) is 133 cm³/mol. The van der Waals surface area contributed by atoms with Crippen LogP contribution in [0.4, 0.5) is 4.79 Å². The Hall–Kier alpha value is -4.07. The van der Waals surface area contributed by atoms with Crippen molar-refractivity contribution in [2.24, 2.45) is 0 Å². The average molecular weight is 475 g/mol. The minimum absolute atomic E-state index is 0.331. The van der Waals surface area contributed by atoms with E-state index < -0.39 is 18.0 Å². The Morgan fingerprint density at radius 3 is 2.60 bits per heavy atom. The second kappa shape index (κ2) is 10.5. The summed E-state index contributed by atoms with van der Waals surface area (Å²) in [7, 11) is 1.32. The number of amides is 2. The molecular weight excluding hydrogens is 444 g/mol. The largest absolute Gasteiger partial charge is 0.493 e. The maximum atomic E-state index is 12.7. The molecule has 8 nitrogen and oxygen atoms in total. The van der Waals surface area contributed by atoms with Crippen LogP contribution in [0.3, 0.4) is 0 Å². The molecule has 4 rings (SSSR count). The number of carbonyl (C=O) groups is 2. The zero-order chi connectivity index (χ0) is 24.9. The third-order valence-electron chi connectivity index (χ3n) is 5.95. The summed E-state index contributed by atoms with van der Waals surface area (Å²) in [6.07, 6.45) is 3.90. The first-order valence-electron chi connectivity index (χ1n) is 11.7. The fourth-order valence-corrected chi connectivity index (χ4v) is 4.13. The van der Waals surface area contributed by atoms with Crippen LogP contribution in [0.15, 0.2) is 66.0 Å². The molecule has 1 aliphatic rings. The van der Waals surface area contributed by atoms with E-state index >= 15 is 0 Å². The SMILES string of the molecule is CCCCOc1ccc(-c2nn(-c3ccccc3)cc2[C@H]2NC(=O)NC(C)=C2C(=O)OC)cc1C. The van der Waals surface area contributed by atoms with Gasteiger partial charge in [-0.2, -0.15) is 5.10 Å². The summed E-state index contributed by atoms with van der Waals surface area (Å²) < 4.78 is 12.7. The molecule has 0 unspecified atom stereocenters. The van der Waals surface area contributed by atoms with E-state index in [0.29, 0.717) is 29.1 Å². The topological polar surface area (TPSA) is 94.5 Å². The van der Waals surface area contributed by atoms with Gasteiger partial charge in [-0.15, -0.1) is 0 Å². The summed E-state index contributed by atoms with van der Waals surface area (Å²) in [5, 5.41) is 10.4. The fourth-order valence-electron chi connectivity index (χ4n) is 4.13. The van der Waals surface area contributed by atoms with Crippen molar-refractivity contribution >= 4 is 12.0 Å². The number of methoxy groups -OCH3 is 1. The van der Waals surface area contributed by atoms with Crippen LogP contribution < -0.4 is 15.4 Å². The third-order valence-corrected chi connectivity index (χ3v) is 5.95. The quantitative estimate of drug-likeness (QED) is 0.360. The minimum Gasteiger partial charge on any atom is -0.493 e. The first-order valence-corrected chi connectivity index (χ1v) is 11.7. The third kappa shape index (κ3) is 5.06. The molecule has 0 spiro atoms. The van der Waals surface area contributed by atoms with Crippen molar-refractivity contribution in [3.8, 4) is 22.7 Å². The van der Waals surface area contributed by atoms with Crippen LogP contribution >= 0.6 is 0 Å². The molecule has 35 heavy (non-hydrogen) atoms. The molecule has 0 aliphatic carbocycles. The summed E-state index contributed by atoms with van der Waals surface area (Å²) in [6.45, 7) is 6.47. The first kappa shape index (κ1) is 24.1. The summed E-state index contributed by atoms with van der Waals surface area (Å²) in [5.41, 5.74) is 4.80. The highest BCUT2D eigenvalue weighted by Gasteiger charge is 2.35. The smallest absolute Gasteiger partial charge is 0.337 e. The summed E-state index contributed by atoms with van der Waals surface area (Å²) in [5.74, 6) is 0.307. The highest BCUT2D eigenvalue weighted by molar-refractivity contribution is 5.95. The maximum absolute atomic E-state index is 12.7. The number of nitrogens with zero attached hydrogens (tertiary/aromatic N) is 2. The number of allylic oxidation sites excluding steroid dienone is 1. The van der Waals surface area contributed by atoms with Gasteiger partial charge in [-0.1, -0.05) is 31.5 Å². The molecule has 1 aromatic heterocycles. The lowest BCUT2D eigenvalue weighted by molar-refractivity contribution is -0.136. The zero-order valence-corrected chi connectivity index (χ0v) is 20.4. The molecule has 0 bridgehead atoms. The van der Waals surface area contributed by atoms with Crippen molar-refractivity contribution in [1.82, 2.24) is 20.4 Å². The monoisotopic (exact) mass is 474 g/mol. The molecule has 2 aromatic carbocycles. The Morgan fingerprint density at radius 1 is 1.14 bits per heavy atom. The van der Waals surface area contributed by atoms with Gasteiger partial charge in [0.15, 0.2) is 0 Å². The van der Waals surface area contributed by atoms with Crippen LogP contribution in [-0.2, 0) is 9.53 Å². The number of unbranched alkanes of at least 4 members (excludes halogenated alkanes) is 1.